The lowest BCUT2D eigenvalue weighted by Gasteiger charge is -2.20. The number of likely N-dealkylation sites (N-methyl/N-ethyl adjacent to an activating group) is 1. The van der Waals surface area contributed by atoms with Crippen LogP contribution in [-0.4, -0.2) is 42.8 Å². The number of thiophene rings is 1. The summed E-state index contributed by atoms with van der Waals surface area (Å²) in [6.45, 7) is 4.56. The van der Waals surface area contributed by atoms with E-state index in [0.717, 1.165) is 58.1 Å². The number of pyridine rings is 1. The van der Waals surface area contributed by atoms with Gasteiger partial charge in [0, 0.05) is 36.8 Å². The number of aromatic nitrogens is 1. The summed E-state index contributed by atoms with van der Waals surface area (Å²) in [6.07, 6.45) is 1.08. The number of aliphatic hydroxyl groups is 1. The quantitative estimate of drug-likeness (QED) is 0.417. The van der Waals surface area contributed by atoms with E-state index in [1.165, 1.54) is 11.3 Å². The van der Waals surface area contributed by atoms with Crippen molar-refractivity contribution in [1.82, 2.24) is 15.6 Å². The highest BCUT2D eigenvalue weighted by Gasteiger charge is 2.23. The maximum Gasteiger partial charge on any atom is 0.142 e. The van der Waals surface area contributed by atoms with Crippen LogP contribution >= 0.6 is 22.9 Å². The molecule has 0 aliphatic carbocycles. The molecule has 8 heteroatoms. The molecule has 160 valence electrons. The third kappa shape index (κ3) is 4.40. The van der Waals surface area contributed by atoms with E-state index in [0.29, 0.717) is 23.2 Å². The standard InChI is InChI=1S/C22H28ClN5OS/c1-13-3-5-16-19(24)20(30-22(16)27-13)21(29)26-9-7-14-4-6-18(17(23)11-14)28-10-8-15(12-28)25-2/h3-6,11,15,21,25-26,29H,7-10,12,24H2,1-2H3/t15-,21?/m0/s1. The minimum atomic E-state index is -0.817. The van der Waals surface area contributed by atoms with Crippen molar-refractivity contribution in [2.45, 2.75) is 32.0 Å². The Hall–Kier alpha value is -1.90. The first-order valence-corrected chi connectivity index (χ1v) is 11.4. The van der Waals surface area contributed by atoms with Crippen molar-refractivity contribution in [2.24, 2.45) is 0 Å². The fraction of sp³-hybridized carbons (Fsp3) is 0.409. The van der Waals surface area contributed by atoms with E-state index in [4.69, 9.17) is 17.3 Å². The number of aryl methyl sites for hydroxylation is 1. The number of nitrogens with zero attached hydrogens (tertiary/aromatic N) is 2. The van der Waals surface area contributed by atoms with Crippen LogP contribution in [0.5, 0.6) is 0 Å². The Kier molecular flexibility index (Phi) is 6.46. The molecule has 1 unspecified atom stereocenters. The summed E-state index contributed by atoms with van der Waals surface area (Å²) in [5.74, 6) is 0. The van der Waals surface area contributed by atoms with Gasteiger partial charge in [0.1, 0.15) is 11.1 Å². The first kappa shape index (κ1) is 21.3. The molecule has 30 heavy (non-hydrogen) atoms. The second kappa shape index (κ2) is 9.08. The first-order valence-electron chi connectivity index (χ1n) is 10.2. The van der Waals surface area contributed by atoms with Gasteiger partial charge in [-0.3, -0.25) is 5.32 Å². The zero-order chi connectivity index (χ0) is 21.3. The normalized spacial score (nSPS) is 17.7. The molecule has 1 aromatic carbocycles. The van der Waals surface area contributed by atoms with E-state index >= 15 is 0 Å². The second-order valence-corrected chi connectivity index (χ2v) is 9.24. The predicted octanol–water partition coefficient (Wildman–Crippen LogP) is 3.46. The van der Waals surface area contributed by atoms with Gasteiger partial charge in [0.25, 0.3) is 0 Å². The average Bonchev–Trinajstić information content (AvgIpc) is 3.32. The number of hydrogen-bond donors (Lipinski definition) is 4. The van der Waals surface area contributed by atoms with Crippen LogP contribution < -0.4 is 21.3 Å². The highest BCUT2D eigenvalue weighted by atomic mass is 35.5. The number of halogens is 1. The topological polar surface area (TPSA) is 86.4 Å². The van der Waals surface area contributed by atoms with Crippen LogP contribution in [0.4, 0.5) is 11.4 Å². The third-order valence-corrected chi connectivity index (χ3v) is 7.18. The maximum atomic E-state index is 10.6. The maximum absolute atomic E-state index is 10.6. The number of fused-ring (bicyclic) bond motifs is 1. The Balaban J connectivity index is 1.36. The number of nitrogens with two attached hydrogens (primary N) is 1. The largest absolute Gasteiger partial charge is 0.397 e. The molecule has 0 amide bonds. The van der Waals surface area contributed by atoms with E-state index in [9.17, 15) is 5.11 Å². The second-order valence-electron chi connectivity index (χ2n) is 7.80. The highest BCUT2D eigenvalue weighted by Crippen LogP contribution is 2.36. The molecule has 3 heterocycles. The van der Waals surface area contributed by atoms with Gasteiger partial charge in [-0.25, -0.2) is 4.98 Å². The summed E-state index contributed by atoms with van der Waals surface area (Å²) < 4.78 is 0. The Morgan fingerprint density at radius 2 is 2.20 bits per heavy atom. The summed E-state index contributed by atoms with van der Waals surface area (Å²) in [6, 6.07) is 10.7. The minimum Gasteiger partial charge on any atom is -0.397 e. The van der Waals surface area contributed by atoms with Gasteiger partial charge in [-0.05, 0) is 56.6 Å². The number of nitrogens with one attached hydrogen (secondary N) is 2. The molecule has 1 aliphatic heterocycles. The molecule has 2 atom stereocenters. The smallest absolute Gasteiger partial charge is 0.142 e. The molecule has 5 N–H and O–H groups in total. The van der Waals surface area contributed by atoms with Crippen LogP contribution in [0.2, 0.25) is 5.02 Å². The van der Waals surface area contributed by atoms with Crippen molar-refractivity contribution >= 4 is 44.5 Å². The van der Waals surface area contributed by atoms with Crippen molar-refractivity contribution in [3.05, 3.63) is 51.5 Å². The fourth-order valence-electron chi connectivity index (χ4n) is 3.93. The van der Waals surface area contributed by atoms with E-state index in [1.807, 2.05) is 32.2 Å². The van der Waals surface area contributed by atoms with E-state index in [-0.39, 0.29) is 0 Å². The molecule has 4 rings (SSSR count). The van der Waals surface area contributed by atoms with Gasteiger partial charge in [-0.15, -0.1) is 11.3 Å². The van der Waals surface area contributed by atoms with Crippen molar-refractivity contribution in [2.75, 3.05) is 37.3 Å². The van der Waals surface area contributed by atoms with E-state index in [2.05, 4.69) is 32.7 Å². The summed E-state index contributed by atoms with van der Waals surface area (Å²) in [4.78, 5) is 8.40. The predicted molar refractivity (Wildman–Crippen MR) is 127 cm³/mol. The van der Waals surface area contributed by atoms with Gasteiger partial charge >= 0.3 is 0 Å². The van der Waals surface area contributed by atoms with E-state index < -0.39 is 6.23 Å². The van der Waals surface area contributed by atoms with Gasteiger partial charge in [0.15, 0.2) is 0 Å². The van der Waals surface area contributed by atoms with Gasteiger partial charge in [-0.1, -0.05) is 17.7 Å². The molecule has 0 bridgehead atoms. The third-order valence-electron chi connectivity index (χ3n) is 5.71. The van der Waals surface area contributed by atoms with Gasteiger partial charge in [0.05, 0.1) is 21.3 Å². The summed E-state index contributed by atoms with van der Waals surface area (Å²) >= 11 is 8.00. The van der Waals surface area contributed by atoms with Crippen molar-refractivity contribution in [1.29, 1.82) is 0 Å². The van der Waals surface area contributed by atoms with E-state index in [1.54, 1.807) is 0 Å². The first-order chi connectivity index (χ1) is 14.5. The SMILES string of the molecule is CN[C@H]1CCN(c2ccc(CCNC(O)c3sc4nc(C)ccc4c3N)cc2Cl)C1. The lowest BCUT2D eigenvalue weighted by molar-refractivity contribution is 0.144. The molecule has 3 aromatic rings. The molecule has 6 nitrogen and oxygen atoms in total. The minimum absolute atomic E-state index is 0.520. The zero-order valence-corrected chi connectivity index (χ0v) is 18.9. The highest BCUT2D eigenvalue weighted by molar-refractivity contribution is 7.19. The molecular weight excluding hydrogens is 418 g/mol. The number of nitrogen functional groups attached to an aromatic ring is 1. The van der Waals surface area contributed by atoms with Crippen LogP contribution in [0.25, 0.3) is 10.2 Å². The van der Waals surface area contributed by atoms with Crippen LogP contribution in [-0.2, 0) is 6.42 Å². The number of benzene rings is 1. The molecule has 0 saturated carbocycles. The summed E-state index contributed by atoms with van der Waals surface area (Å²) in [5.41, 5.74) is 9.99. The van der Waals surface area contributed by atoms with Gasteiger partial charge < -0.3 is 21.1 Å². The molecular formula is C22H28ClN5OS. The monoisotopic (exact) mass is 445 g/mol. The summed E-state index contributed by atoms with van der Waals surface area (Å²) in [7, 11) is 2.00. The fourth-order valence-corrected chi connectivity index (χ4v) is 5.36. The van der Waals surface area contributed by atoms with Crippen molar-refractivity contribution < 1.29 is 5.11 Å². The number of hydrogen-bond acceptors (Lipinski definition) is 7. The Morgan fingerprint density at radius 1 is 1.37 bits per heavy atom. The lowest BCUT2D eigenvalue weighted by atomic mass is 10.1. The Morgan fingerprint density at radius 3 is 2.93 bits per heavy atom. The molecule has 2 aromatic heterocycles. The molecule has 0 radical (unpaired) electrons. The molecule has 1 saturated heterocycles. The number of aliphatic hydroxyl groups excluding tert-OH is 1. The van der Waals surface area contributed by atoms with Crippen LogP contribution in [0.3, 0.4) is 0 Å². The van der Waals surface area contributed by atoms with Crippen molar-refractivity contribution in [3.8, 4) is 0 Å². The summed E-state index contributed by atoms with van der Waals surface area (Å²) in [5, 5.41) is 18.8. The van der Waals surface area contributed by atoms with Gasteiger partial charge in [-0.2, -0.15) is 0 Å². The number of rotatable bonds is 7. The Bertz CT molecular complexity index is 1040. The molecule has 0 spiro atoms. The molecule has 1 aliphatic rings. The van der Waals surface area contributed by atoms with Crippen molar-refractivity contribution in [3.63, 3.8) is 0 Å². The zero-order valence-electron chi connectivity index (χ0n) is 17.3. The molecule has 1 fully saturated rings. The van der Waals surface area contributed by atoms with Crippen LogP contribution in [0, 0.1) is 6.92 Å². The van der Waals surface area contributed by atoms with Gasteiger partial charge in [0.2, 0.25) is 0 Å². The Labute approximate surface area is 186 Å². The van der Waals surface area contributed by atoms with Crippen LogP contribution in [0.15, 0.2) is 30.3 Å². The van der Waals surface area contributed by atoms with Crippen LogP contribution in [0.1, 0.15) is 28.8 Å². The number of anilines is 2. The average molecular weight is 446 g/mol. The lowest BCUT2D eigenvalue weighted by Crippen LogP contribution is -2.29.